The number of aliphatic carboxylic acids is 3. The Hall–Kier alpha value is -7.71. The van der Waals surface area contributed by atoms with Crippen molar-refractivity contribution in [3.05, 3.63) is 117 Å². The fourth-order valence-corrected chi connectivity index (χ4v) is 7.62. The number of halogens is 1. The zero-order valence-corrected chi connectivity index (χ0v) is 41.3. The predicted octanol–water partition coefficient (Wildman–Crippen LogP) is 4.64. The molecule has 9 N–H and O–H groups in total. The summed E-state index contributed by atoms with van der Waals surface area (Å²) in [5.74, 6) is -6.24. The summed E-state index contributed by atoms with van der Waals surface area (Å²) in [5.41, 5.74) is 10.9. The average Bonchev–Trinajstić information content (AvgIpc) is 3.35. The molecular weight excluding hydrogens is 968 g/mol. The standard InChI is InChI=1S/C50H65ClN10O12/c51-37-19-12-18-36(30-37)33-61(29-11-9-20-38(48(69)70)58-50(73)59-39(49(71)72)22-25-45(65)66)44(64)21-8-3-10-26-53-42(62)23-24-43(63)56-41(32-35-16-6-2-7-17-35)47(68)57-40(31-34-14-4-1-5-15-34)46(67)54-27-13-28-55-60-52/h1-2,4-7,12,14-19,30,38-41H,3,8-11,13,20-29,31-33H2,(H,53,62)(H,54,67)(H,56,63)(H,57,68)(H,65,66)(H,69,70)(H,71,72)(H2,58,59,73)/t38-,39-,40+,41+/m0/s1. The number of carbonyl (C=O) groups excluding carboxylic acids is 6. The third kappa shape index (κ3) is 25.3. The summed E-state index contributed by atoms with van der Waals surface area (Å²) >= 11 is 6.19. The van der Waals surface area contributed by atoms with E-state index in [2.05, 4.69) is 41.9 Å². The highest BCUT2D eigenvalue weighted by Crippen LogP contribution is 2.16. The predicted molar refractivity (Wildman–Crippen MR) is 269 cm³/mol. The fraction of sp³-hybridized carbons (Fsp3) is 0.460. The number of unbranched alkanes of at least 4 members (excludes halogenated alkanes) is 3. The summed E-state index contributed by atoms with van der Waals surface area (Å²) < 4.78 is 0. The van der Waals surface area contributed by atoms with E-state index in [1.165, 1.54) is 0 Å². The molecule has 0 heterocycles. The topological polar surface area (TPSA) is 338 Å². The lowest BCUT2D eigenvalue weighted by Crippen LogP contribution is -2.55. The van der Waals surface area contributed by atoms with Gasteiger partial charge >= 0.3 is 23.9 Å². The van der Waals surface area contributed by atoms with E-state index in [0.29, 0.717) is 37.1 Å². The van der Waals surface area contributed by atoms with Crippen molar-refractivity contribution in [3.8, 4) is 0 Å². The van der Waals surface area contributed by atoms with Crippen LogP contribution in [0.3, 0.4) is 0 Å². The maximum atomic E-state index is 13.8. The molecule has 0 aliphatic carbocycles. The summed E-state index contributed by atoms with van der Waals surface area (Å²) in [5, 5.41) is 47.2. The van der Waals surface area contributed by atoms with Gasteiger partial charge in [-0.05, 0) is 79.3 Å². The Kier molecular flexibility index (Phi) is 27.6. The highest BCUT2D eigenvalue weighted by Gasteiger charge is 2.28. The minimum atomic E-state index is -1.54. The number of hydrogen-bond acceptors (Lipinski definition) is 10. The van der Waals surface area contributed by atoms with Crippen LogP contribution < -0.4 is 31.9 Å². The Morgan fingerprint density at radius 1 is 0.575 bits per heavy atom. The van der Waals surface area contributed by atoms with E-state index in [9.17, 15) is 53.4 Å². The Morgan fingerprint density at radius 3 is 1.77 bits per heavy atom. The minimum absolute atomic E-state index is 0.0427. The summed E-state index contributed by atoms with van der Waals surface area (Å²) in [4.78, 5) is 118. The quantitative estimate of drug-likeness (QED) is 0.0168. The Bertz CT molecular complexity index is 2340. The molecule has 394 valence electrons. The molecule has 0 fully saturated rings. The van der Waals surface area contributed by atoms with E-state index < -0.39 is 78.7 Å². The van der Waals surface area contributed by atoms with Crippen LogP contribution >= 0.6 is 11.6 Å². The van der Waals surface area contributed by atoms with Crippen LogP contribution in [-0.2, 0) is 57.7 Å². The zero-order valence-electron chi connectivity index (χ0n) is 40.5. The molecule has 3 aromatic carbocycles. The van der Waals surface area contributed by atoms with E-state index >= 15 is 0 Å². The molecule has 0 aliphatic heterocycles. The van der Waals surface area contributed by atoms with Crippen molar-refractivity contribution >= 4 is 65.1 Å². The third-order valence-electron chi connectivity index (χ3n) is 11.3. The van der Waals surface area contributed by atoms with E-state index in [1.54, 1.807) is 47.4 Å². The Balaban J connectivity index is 1.48. The van der Waals surface area contributed by atoms with Crippen LogP contribution in [-0.4, -0.2) is 124 Å². The van der Waals surface area contributed by atoms with Crippen molar-refractivity contribution in [1.29, 1.82) is 0 Å². The van der Waals surface area contributed by atoms with E-state index in [-0.39, 0.29) is 89.5 Å². The molecule has 0 saturated carbocycles. The second-order valence-electron chi connectivity index (χ2n) is 17.1. The van der Waals surface area contributed by atoms with Gasteiger partial charge in [-0.25, -0.2) is 14.4 Å². The minimum Gasteiger partial charge on any atom is -0.481 e. The van der Waals surface area contributed by atoms with Crippen LogP contribution in [0.15, 0.2) is 90.0 Å². The van der Waals surface area contributed by atoms with Gasteiger partial charge in [-0.2, -0.15) is 0 Å². The fourth-order valence-electron chi connectivity index (χ4n) is 7.41. The molecule has 4 atom stereocenters. The molecule has 23 heteroatoms. The smallest absolute Gasteiger partial charge is 0.326 e. The van der Waals surface area contributed by atoms with Gasteiger partial charge in [-0.3, -0.25) is 28.8 Å². The van der Waals surface area contributed by atoms with Crippen molar-refractivity contribution in [2.24, 2.45) is 5.11 Å². The normalized spacial score (nSPS) is 12.3. The maximum Gasteiger partial charge on any atom is 0.326 e. The van der Waals surface area contributed by atoms with Gasteiger partial charge in [0.15, 0.2) is 0 Å². The second kappa shape index (κ2) is 33.8. The number of nitrogens with zero attached hydrogens (tertiary/aromatic N) is 4. The lowest BCUT2D eigenvalue weighted by molar-refractivity contribution is -0.141. The molecule has 0 saturated heterocycles. The van der Waals surface area contributed by atoms with Crippen molar-refractivity contribution in [2.45, 2.75) is 121 Å². The van der Waals surface area contributed by atoms with Gasteiger partial charge < -0.3 is 52.1 Å². The molecule has 0 aromatic heterocycles. The molecule has 0 spiro atoms. The molecule has 3 rings (SSSR count). The number of amides is 7. The lowest BCUT2D eigenvalue weighted by atomic mass is 10.0. The molecule has 73 heavy (non-hydrogen) atoms. The summed E-state index contributed by atoms with van der Waals surface area (Å²) in [6.07, 6.45) is 1.75. The van der Waals surface area contributed by atoms with Gasteiger partial charge in [0.2, 0.25) is 29.5 Å². The van der Waals surface area contributed by atoms with Crippen LogP contribution in [0.1, 0.15) is 93.7 Å². The van der Waals surface area contributed by atoms with Crippen molar-refractivity contribution in [1.82, 2.24) is 36.8 Å². The monoisotopic (exact) mass is 1030 g/mol. The largest absolute Gasteiger partial charge is 0.481 e. The number of carbonyl (C=O) groups is 9. The van der Waals surface area contributed by atoms with Crippen molar-refractivity contribution in [2.75, 3.05) is 26.2 Å². The van der Waals surface area contributed by atoms with E-state index in [4.69, 9.17) is 22.2 Å². The van der Waals surface area contributed by atoms with Crippen molar-refractivity contribution < 1.29 is 58.5 Å². The molecular formula is C50H65ClN10O12. The van der Waals surface area contributed by atoms with Crippen molar-refractivity contribution in [3.63, 3.8) is 0 Å². The van der Waals surface area contributed by atoms with Crippen LogP contribution in [0.2, 0.25) is 5.02 Å². The van der Waals surface area contributed by atoms with E-state index in [0.717, 1.165) is 16.7 Å². The van der Waals surface area contributed by atoms with Gasteiger partial charge in [-0.1, -0.05) is 95.9 Å². The van der Waals surface area contributed by atoms with Gasteiger partial charge in [-0.15, -0.1) is 0 Å². The van der Waals surface area contributed by atoms with Gasteiger partial charge in [0.05, 0.1) is 0 Å². The van der Waals surface area contributed by atoms with Gasteiger partial charge in [0.25, 0.3) is 0 Å². The maximum absolute atomic E-state index is 13.8. The van der Waals surface area contributed by atoms with Crippen LogP contribution in [0.4, 0.5) is 4.79 Å². The van der Waals surface area contributed by atoms with Crippen LogP contribution in [0.25, 0.3) is 10.4 Å². The molecule has 0 bridgehead atoms. The molecule has 22 nitrogen and oxygen atoms in total. The highest BCUT2D eigenvalue weighted by molar-refractivity contribution is 6.30. The van der Waals surface area contributed by atoms with Gasteiger partial charge in [0.1, 0.15) is 24.2 Å². The molecule has 0 aliphatic rings. The number of rotatable bonds is 35. The first kappa shape index (κ1) is 59.6. The number of azide groups is 1. The number of nitrogens with one attached hydrogen (secondary N) is 6. The molecule has 0 unspecified atom stereocenters. The third-order valence-corrected chi connectivity index (χ3v) is 11.5. The van der Waals surface area contributed by atoms with E-state index in [1.807, 2.05) is 42.5 Å². The van der Waals surface area contributed by atoms with Crippen LogP contribution in [0, 0.1) is 0 Å². The molecule has 7 amide bonds. The molecule has 3 aromatic rings. The summed E-state index contributed by atoms with van der Waals surface area (Å²) in [6, 6.07) is 19.0. The first-order valence-electron chi connectivity index (χ1n) is 24.0. The lowest BCUT2D eigenvalue weighted by Gasteiger charge is -2.24. The Morgan fingerprint density at radius 2 is 1.16 bits per heavy atom. The SMILES string of the molecule is [N-]=[N+]=NCCCNC(=O)[C@@H](Cc1ccccc1)NC(=O)[C@@H](Cc1ccccc1)NC(=O)CCC(=O)NCCCCCC(=O)N(CCCC[C@H](NC(=O)N[C@@H](CCC(=O)O)C(=O)O)C(=O)O)Cc1cccc(Cl)c1. The summed E-state index contributed by atoms with van der Waals surface area (Å²) in [7, 11) is 0. The average molecular weight is 1030 g/mol. The highest BCUT2D eigenvalue weighted by atomic mass is 35.5. The molecule has 0 radical (unpaired) electrons. The second-order valence-corrected chi connectivity index (χ2v) is 17.5. The number of carboxylic acid groups (broad SMARTS) is 3. The summed E-state index contributed by atoms with van der Waals surface area (Å²) in [6.45, 7) is 1.16. The number of urea groups is 1. The Labute approximate surface area is 428 Å². The first-order valence-corrected chi connectivity index (χ1v) is 24.4. The first-order chi connectivity index (χ1) is 35.0. The number of hydrogen-bond donors (Lipinski definition) is 9. The number of benzene rings is 3. The van der Waals surface area contributed by atoms with Crippen LogP contribution in [0.5, 0.6) is 0 Å². The van der Waals surface area contributed by atoms with Gasteiger partial charge in [0, 0.05) is 81.2 Å². The zero-order chi connectivity index (χ0) is 53.4. The number of carboxylic acids is 3.